The molecule has 0 saturated heterocycles. The fraction of sp³-hybridized carbons (Fsp3) is 0.345. The molecule has 1 unspecified atom stereocenters. The SMILES string of the molecule is Cc1ccc(C(C(N)=O)C2CCC(CN(Cc3ccc(F)cc3)S(=O)(=O)c3ccccc3)CC2)cc1. The molecule has 5 nitrogen and oxygen atoms in total. The Morgan fingerprint density at radius 3 is 2.14 bits per heavy atom. The van der Waals surface area contributed by atoms with Gasteiger partial charge in [-0.05, 0) is 79.8 Å². The Labute approximate surface area is 213 Å². The van der Waals surface area contributed by atoms with Crippen molar-refractivity contribution in [3.05, 3.63) is 101 Å². The van der Waals surface area contributed by atoms with Gasteiger partial charge in [0.05, 0.1) is 10.8 Å². The van der Waals surface area contributed by atoms with Gasteiger partial charge in [-0.3, -0.25) is 4.79 Å². The maximum atomic E-state index is 13.5. The number of primary amides is 1. The van der Waals surface area contributed by atoms with Crippen molar-refractivity contribution in [3.8, 4) is 0 Å². The van der Waals surface area contributed by atoms with Crippen LogP contribution >= 0.6 is 0 Å². The number of aryl methyl sites for hydroxylation is 1. The molecule has 0 bridgehead atoms. The van der Waals surface area contributed by atoms with Crippen molar-refractivity contribution >= 4 is 15.9 Å². The van der Waals surface area contributed by atoms with Crippen molar-refractivity contribution in [1.29, 1.82) is 0 Å². The second-order valence-corrected chi connectivity index (χ2v) is 11.7. The summed E-state index contributed by atoms with van der Waals surface area (Å²) in [5.74, 6) is -0.710. The Morgan fingerprint density at radius 1 is 0.944 bits per heavy atom. The van der Waals surface area contributed by atoms with E-state index in [4.69, 9.17) is 5.73 Å². The van der Waals surface area contributed by atoms with Crippen LogP contribution in [0.5, 0.6) is 0 Å². The van der Waals surface area contributed by atoms with Crippen LogP contribution in [0.25, 0.3) is 0 Å². The van der Waals surface area contributed by atoms with Crippen LogP contribution in [0.15, 0.2) is 83.8 Å². The molecule has 0 heterocycles. The normalized spacial score (nSPS) is 19.2. The smallest absolute Gasteiger partial charge is 0.243 e. The monoisotopic (exact) mass is 508 g/mol. The molecule has 190 valence electrons. The number of rotatable bonds is 9. The van der Waals surface area contributed by atoms with Crippen molar-refractivity contribution < 1.29 is 17.6 Å². The van der Waals surface area contributed by atoms with Crippen molar-refractivity contribution in [1.82, 2.24) is 4.31 Å². The summed E-state index contributed by atoms with van der Waals surface area (Å²) in [7, 11) is -3.73. The van der Waals surface area contributed by atoms with E-state index >= 15 is 0 Å². The van der Waals surface area contributed by atoms with Crippen molar-refractivity contribution in [3.63, 3.8) is 0 Å². The number of nitrogens with zero attached hydrogens (tertiary/aromatic N) is 1. The summed E-state index contributed by atoms with van der Waals surface area (Å²) in [6.45, 7) is 2.55. The van der Waals surface area contributed by atoms with E-state index in [1.165, 1.54) is 16.4 Å². The summed E-state index contributed by atoms with van der Waals surface area (Å²) in [5.41, 5.74) is 8.63. The van der Waals surface area contributed by atoms with Crippen LogP contribution in [0.1, 0.15) is 48.3 Å². The molecule has 3 aromatic rings. The van der Waals surface area contributed by atoms with E-state index in [0.717, 1.165) is 42.4 Å². The number of amides is 1. The van der Waals surface area contributed by atoms with E-state index in [9.17, 15) is 17.6 Å². The lowest BCUT2D eigenvalue weighted by Crippen LogP contribution is -2.37. The summed E-state index contributed by atoms with van der Waals surface area (Å²) in [6, 6.07) is 22.3. The number of hydrogen-bond donors (Lipinski definition) is 1. The molecule has 36 heavy (non-hydrogen) atoms. The maximum absolute atomic E-state index is 13.5. The van der Waals surface area contributed by atoms with Crippen LogP contribution in [-0.2, 0) is 21.4 Å². The van der Waals surface area contributed by atoms with Gasteiger partial charge in [-0.15, -0.1) is 0 Å². The lowest BCUT2D eigenvalue weighted by molar-refractivity contribution is -0.121. The first-order valence-electron chi connectivity index (χ1n) is 12.4. The van der Waals surface area contributed by atoms with Gasteiger partial charge in [0.2, 0.25) is 15.9 Å². The average Bonchev–Trinajstić information content (AvgIpc) is 2.87. The Kier molecular flexibility index (Phi) is 8.21. The van der Waals surface area contributed by atoms with Crippen molar-refractivity contribution in [2.75, 3.05) is 6.54 Å². The Bertz CT molecular complexity index is 1250. The topological polar surface area (TPSA) is 80.5 Å². The zero-order chi connectivity index (χ0) is 25.7. The van der Waals surface area contributed by atoms with Gasteiger partial charge in [0.25, 0.3) is 0 Å². The van der Waals surface area contributed by atoms with Crippen LogP contribution < -0.4 is 5.73 Å². The van der Waals surface area contributed by atoms with E-state index in [1.54, 1.807) is 42.5 Å². The third-order valence-corrected chi connectivity index (χ3v) is 9.05. The highest BCUT2D eigenvalue weighted by Crippen LogP contribution is 2.39. The van der Waals surface area contributed by atoms with Gasteiger partial charge in [0, 0.05) is 13.1 Å². The second kappa shape index (κ2) is 11.4. The van der Waals surface area contributed by atoms with Gasteiger partial charge in [0.1, 0.15) is 5.82 Å². The lowest BCUT2D eigenvalue weighted by Gasteiger charge is -2.35. The molecule has 2 N–H and O–H groups in total. The molecule has 3 aromatic carbocycles. The highest BCUT2D eigenvalue weighted by atomic mass is 32.2. The van der Waals surface area contributed by atoms with E-state index in [0.29, 0.717) is 6.54 Å². The molecular weight excluding hydrogens is 475 g/mol. The molecule has 0 aliphatic heterocycles. The van der Waals surface area contributed by atoms with Gasteiger partial charge < -0.3 is 5.73 Å². The minimum absolute atomic E-state index is 0.137. The predicted molar refractivity (Wildman–Crippen MR) is 139 cm³/mol. The van der Waals surface area contributed by atoms with Gasteiger partial charge in [-0.25, -0.2) is 12.8 Å². The molecule has 1 saturated carbocycles. The van der Waals surface area contributed by atoms with Crippen molar-refractivity contribution in [2.24, 2.45) is 17.6 Å². The molecule has 0 aromatic heterocycles. The van der Waals surface area contributed by atoms with E-state index in [2.05, 4.69) is 0 Å². The highest BCUT2D eigenvalue weighted by Gasteiger charge is 2.34. The lowest BCUT2D eigenvalue weighted by atomic mass is 9.73. The Morgan fingerprint density at radius 2 is 1.56 bits per heavy atom. The third kappa shape index (κ3) is 6.20. The average molecular weight is 509 g/mol. The van der Waals surface area contributed by atoms with Crippen molar-refractivity contribution in [2.45, 2.75) is 50.0 Å². The first kappa shape index (κ1) is 26.0. The first-order chi connectivity index (χ1) is 17.2. The summed E-state index contributed by atoms with van der Waals surface area (Å²) in [6.07, 6.45) is 3.24. The molecule has 7 heteroatoms. The summed E-state index contributed by atoms with van der Waals surface area (Å²) >= 11 is 0. The second-order valence-electron chi connectivity index (χ2n) is 9.81. The zero-order valence-electron chi connectivity index (χ0n) is 20.5. The highest BCUT2D eigenvalue weighted by molar-refractivity contribution is 7.89. The largest absolute Gasteiger partial charge is 0.369 e. The Balaban J connectivity index is 1.49. The summed E-state index contributed by atoms with van der Waals surface area (Å²) in [4.78, 5) is 12.6. The number of halogens is 1. The number of carbonyl (C=O) groups excluding carboxylic acids is 1. The van der Waals surface area contributed by atoms with Crippen LogP contribution in [0, 0.1) is 24.6 Å². The van der Waals surface area contributed by atoms with E-state index in [-0.39, 0.29) is 40.9 Å². The number of hydrogen-bond acceptors (Lipinski definition) is 3. The standard InChI is InChI=1S/C29H33FN2O3S/c1-21-7-13-24(14-8-21)28(29(31)33)25-15-9-22(10-16-25)19-32(20-23-11-17-26(30)18-12-23)36(34,35)27-5-3-2-4-6-27/h2-8,11-14,17-18,22,25,28H,9-10,15-16,19-20H2,1H3,(H2,31,33). The number of sulfonamides is 1. The molecule has 1 amide bonds. The van der Waals surface area contributed by atoms with Gasteiger partial charge in [0.15, 0.2) is 0 Å². The number of nitrogens with two attached hydrogens (primary N) is 1. The number of benzene rings is 3. The molecule has 0 spiro atoms. The molecule has 1 aliphatic carbocycles. The van der Waals surface area contributed by atoms with E-state index in [1.807, 2.05) is 31.2 Å². The molecule has 0 radical (unpaired) electrons. The Hall–Kier alpha value is -3.03. The minimum atomic E-state index is -3.73. The van der Waals surface area contributed by atoms with Crippen LogP contribution in [-0.4, -0.2) is 25.2 Å². The predicted octanol–water partition coefficient (Wildman–Crippen LogP) is 5.40. The fourth-order valence-electron chi connectivity index (χ4n) is 5.22. The maximum Gasteiger partial charge on any atom is 0.243 e. The summed E-state index contributed by atoms with van der Waals surface area (Å²) in [5, 5.41) is 0. The first-order valence-corrected chi connectivity index (χ1v) is 13.8. The molecule has 4 rings (SSSR count). The third-order valence-electron chi connectivity index (χ3n) is 7.22. The van der Waals surface area contributed by atoms with Crippen LogP contribution in [0.2, 0.25) is 0 Å². The van der Waals surface area contributed by atoms with E-state index < -0.39 is 10.0 Å². The quantitative estimate of drug-likeness (QED) is 0.420. The van der Waals surface area contributed by atoms with Gasteiger partial charge in [-0.2, -0.15) is 4.31 Å². The molecule has 1 aliphatic rings. The minimum Gasteiger partial charge on any atom is -0.369 e. The van der Waals surface area contributed by atoms with Gasteiger partial charge >= 0.3 is 0 Å². The summed E-state index contributed by atoms with van der Waals surface area (Å²) < 4.78 is 42.0. The fourth-order valence-corrected chi connectivity index (χ4v) is 6.74. The molecular formula is C29H33FN2O3S. The molecule has 1 fully saturated rings. The van der Waals surface area contributed by atoms with Gasteiger partial charge in [-0.1, -0.05) is 60.2 Å². The van der Waals surface area contributed by atoms with Crippen LogP contribution in [0.4, 0.5) is 4.39 Å². The van der Waals surface area contributed by atoms with Crippen LogP contribution in [0.3, 0.4) is 0 Å². The number of carbonyl (C=O) groups is 1. The zero-order valence-corrected chi connectivity index (χ0v) is 21.3. The molecule has 1 atom stereocenters.